The Hall–Kier alpha value is -3.83. The second kappa shape index (κ2) is 16.5. The quantitative estimate of drug-likeness (QED) is 0.172. The predicted octanol–water partition coefficient (Wildman–Crippen LogP) is 6.41. The fourth-order valence-corrected chi connectivity index (χ4v) is 5.39. The summed E-state index contributed by atoms with van der Waals surface area (Å²) in [7, 11) is 0. The molecule has 0 aromatic heterocycles. The maximum atomic E-state index is 12.4. The van der Waals surface area contributed by atoms with Crippen molar-refractivity contribution in [1.82, 2.24) is 10.2 Å². The van der Waals surface area contributed by atoms with Crippen molar-refractivity contribution in [2.24, 2.45) is 0 Å². The van der Waals surface area contributed by atoms with Gasteiger partial charge >= 0.3 is 18.1 Å². The molecule has 1 fully saturated rings. The summed E-state index contributed by atoms with van der Waals surface area (Å²) in [6.45, 7) is 8.62. The molecule has 0 bridgehead atoms. The molecule has 11 nitrogen and oxygen atoms in total. The zero-order chi connectivity index (χ0) is 32.2. The van der Waals surface area contributed by atoms with Gasteiger partial charge in [0.2, 0.25) is 5.79 Å². The van der Waals surface area contributed by atoms with Crippen LogP contribution in [0.4, 0.5) is 15.3 Å². The topological polar surface area (TPSA) is 136 Å². The number of aryl methyl sites for hydroxylation is 1. The molecular weight excluding hydrogens is 578 g/mol. The molecule has 45 heavy (non-hydrogen) atoms. The number of anilines is 1. The molecule has 2 aliphatic heterocycles. The number of ether oxygens (including phenoxy) is 4. The van der Waals surface area contributed by atoms with Crippen molar-refractivity contribution >= 4 is 23.8 Å². The minimum absolute atomic E-state index is 0.260. The number of carbonyl (C=O) groups excluding carboxylic acids is 2. The number of carbonyl (C=O) groups is 3. The lowest BCUT2D eigenvalue weighted by Crippen LogP contribution is -2.42. The van der Waals surface area contributed by atoms with Gasteiger partial charge in [-0.2, -0.15) is 0 Å². The van der Waals surface area contributed by atoms with Gasteiger partial charge in [-0.1, -0.05) is 38.0 Å². The van der Waals surface area contributed by atoms with E-state index in [4.69, 9.17) is 24.1 Å². The number of hydrogen-bond acceptors (Lipinski definition) is 7. The third kappa shape index (κ3) is 10.6. The van der Waals surface area contributed by atoms with Crippen molar-refractivity contribution < 1.29 is 38.4 Å². The zero-order valence-electron chi connectivity index (χ0n) is 26.6. The first-order valence-corrected chi connectivity index (χ1v) is 16.0. The molecule has 4 rings (SSSR count). The molecule has 0 saturated carbocycles. The molecular formula is C34H47N3O8. The molecule has 0 aliphatic carbocycles. The number of fused-ring (bicyclic) bond motifs is 1. The normalized spacial score (nSPS) is 17.6. The number of rotatable bonds is 17. The molecule has 246 valence electrons. The molecule has 0 spiro atoms. The molecule has 3 N–H and O–H groups in total. The van der Waals surface area contributed by atoms with Gasteiger partial charge in [0.1, 0.15) is 17.9 Å². The van der Waals surface area contributed by atoms with E-state index >= 15 is 0 Å². The summed E-state index contributed by atoms with van der Waals surface area (Å²) in [4.78, 5) is 37.4. The smallest absolute Gasteiger partial charge is 0.410 e. The van der Waals surface area contributed by atoms with E-state index < -0.39 is 23.8 Å². The summed E-state index contributed by atoms with van der Waals surface area (Å²) in [6.07, 6.45) is 6.52. The molecule has 2 unspecified atom stereocenters. The minimum atomic E-state index is -1.05. The number of carboxylic acid groups (broad SMARTS) is 1. The number of amides is 3. The SMILES string of the molecule is CCC(NC(=O)Nc1cccc(CCCCOCCCCCCN2CC(c3ccc4c(c3)COC(C)(C)O4)OC2=O)c1)C(=O)O. The Morgan fingerprint density at radius 3 is 2.62 bits per heavy atom. The molecule has 3 amide bonds. The van der Waals surface area contributed by atoms with Crippen LogP contribution in [0.3, 0.4) is 0 Å². The number of hydrogen-bond donors (Lipinski definition) is 3. The first-order chi connectivity index (χ1) is 21.6. The Morgan fingerprint density at radius 2 is 1.84 bits per heavy atom. The van der Waals surface area contributed by atoms with Crippen LogP contribution in [0.15, 0.2) is 42.5 Å². The number of aliphatic carboxylic acids is 1. The Morgan fingerprint density at radius 1 is 1.07 bits per heavy atom. The van der Waals surface area contributed by atoms with E-state index in [0.29, 0.717) is 38.4 Å². The Kier molecular flexibility index (Phi) is 12.5. The lowest BCUT2D eigenvalue weighted by molar-refractivity contribution is -0.180. The minimum Gasteiger partial charge on any atom is -0.480 e. The van der Waals surface area contributed by atoms with Gasteiger partial charge in [-0.15, -0.1) is 0 Å². The van der Waals surface area contributed by atoms with Gasteiger partial charge < -0.3 is 39.6 Å². The monoisotopic (exact) mass is 625 g/mol. The van der Waals surface area contributed by atoms with Gasteiger partial charge in [-0.3, -0.25) is 0 Å². The zero-order valence-corrected chi connectivity index (χ0v) is 26.6. The van der Waals surface area contributed by atoms with Crippen molar-refractivity contribution in [2.45, 2.75) is 96.7 Å². The molecule has 2 atom stereocenters. The summed E-state index contributed by atoms with van der Waals surface area (Å²) in [5.41, 5.74) is 3.66. The highest BCUT2D eigenvalue weighted by Crippen LogP contribution is 2.35. The molecule has 2 aliphatic rings. The number of benzene rings is 2. The van der Waals surface area contributed by atoms with Crippen LogP contribution in [0.5, 0.6) is 5.75 Å². The number of unbranched alkanes of at least 4 members (excludes halogenated alkanes) is 4. The second-order valence-corrected chi connectivity index (χ2v) is 12.1. The van der Waals surface area contributed by atoms with Crippen LogP contribution in [-0.4, -0.2) is 66.2 Å². The fraction of sp³-hybridized carbons (Fsp3) is 0.559. The largest absolute Gasteiger partial charge is 0.480 e. The van der Waals surface area contributed by atoms with Gasteiger partial charge in [0, 0.05) is 44.9 Å². The lowest BCUT2D eigenvalue weighted by atomic mass is 10.0. The van der Waals surface area contributed by atoms with Crippen molar-refractivity contribution in [2.75, 3.05) is 31.6 Å². The maximum absolute atomic E-state index is 12.4. The van der Waals surface area contributed by atoms with E-state index in [-0.39, 0.29) is 12.2 Å². The van der Waals surface area contributed by atoms with Gasteiger partial charge in [-0.25, -0.2) is 14.4 Å². The number of nitrogens with zero attached hydrogens (tertiary/aromatic N) is 1. The van der Waals surface area contributed by atoms with E-state index in [9.17, 15) is 14.4 Å². The Labute approximate surface area is 265 Å². The van der Waals surface area contributed by atoms with Gasteiger partial charge in [0.25, 0.3) is 0 Å². The summed E-state index contributed by atoms with van der Waals surface area (Å²) in [5, 5.41) is 14.3. The van der Waals surface area contributed by atoms with Gasteiger partial charge in [-0.05, 0) is 73.9 Å². The van der Waals surface area contributed by atoms with Crippen molar-refractivity contribution in [3.05, 3.63) is 59.2 Å². The van der Waals surface area contributed by atoms with Crippen LogP contribution in [-0.2, 0) is 32.0 Å². The summed E-state index contributed by atoms with van der Waals surface area (Å²) in [6, 6.07) is 12.0. The standard InChI is InChI=1S/C34H47N3O8/c1-4-28(31(38)39)36-32(40)35-27-14-11-13-24(20-27)12-7-10-19-42-18-9-6-5-8-17-37-22-30(44-33(37)41)25-15-16-29-26(21-25)23-43-34(2,3)45-29/h11,13-16,20-21,28,30H,4-10,12,17-19,22-23H2,1-3H3,(H,38,39)(H2,35,36,40). The number of carboxylic acids is 1. The first-order valence-electron chi connectivity index (χ1n) is 16.0. The highest BCUT2D eigenvalue weighted by atomic mass is 16.7. The van der Waals surface area contributed by atoms with Crippen LogP contribution >= 0.6 is 0 Å². The number of urea groups is 1. The van der Waals surface area contributed by atoms with Crippen LogP contribution < -0.4 is 15.4 Å². The summed E-state index contributed by atoms with van der Waals surface area (Å²) >= 11 is 0. The van der Waals surface area contributed by atoms with E-state index in [1.54, 1.807) is 17.9 Å². The Balaban J connectivity index is 1.02. The molecule has 2 heterocycles. The van der Waals surface area contributed by atoms with Crippen molar-refractivity contribution in [3.63, 3.8) is 0 Å². The highest BCUT2D eigenvalue weighted by Gasteiger charge is 2.33. The van der Waals surface area contributed by atoms with Crippen LogP contribution in [0.25, 0.3) is 0 Å². The van der Waals surface area contributed by atoms with Crippen LogP contribution in [0, 0.1) is 0 Å². The van der Waals surface area contributed by atoms with E-state index in [1.807, 2.05) is 50.2 Å². The molecule has 1 saturated heterocycles. The summed E-state index contributed by atoms with van der Waals surface area (Å²) < 4.78 is 23.1. The van der Waals surface area contributed by atoms with Crippen molar-refractivity contribution in [3.8, 4) is 5.75 Å². The number of cyclic esters (lactones) is 1. The fourth-order valence-electron chi connectivity index (χ4n) is 5.39. The third-order valence-electron chi connectivity index (χ3n) is 7.94. The second-order valence-electron chi connectivity index (χ2n) is 12.1. The summed E-state index contributed by atoms with van der Waals surface area (Å²) in [5.74, 6) is -0.881. The third-order valence-corrected chi connectivity index (χ3v) is 7.94. The van der Waals surface area contributed by atoms with Crippen LogP contribution in [0.2, 0.25) is 0 Å². The van der Waals surface area contributed by atoms with Crippen molar-refractivity contribution in [1.29, 1.82) is 0 Å². The molecule has 2 aromatic carbocycles. The molecule has 2 aromatic rings. The molecule has 0 radical (unpaired) electrons. The lowest BCUT2D eigenvalue weighted by Gasteiger charge is -2.32. The average molecular weight is 626 g/mol. The van der Waals surface area contributed by atoms with Crippen LogP contribution in [0.1, 0.15) is 88.5 Å². The first kappa shape index (κ1) is 34.1. The van der Waals surface area contributed by atoms with E-state index in [1.165, 1.54) is 0 Å². The van der Waals surface area contributed by atoms with E-state index in [2.05, 4.69) is 10.6 Å². The van der Waals surface area contributed by atoms with E-state index in [0.717, 1.165) is 74.0 Å². The Bertz CT molecular complexity index is 1300. The number of nitrogens with one attached hydrogen (secondary N) is 2. The van der Waals surface area contributed by atoms with Gasteiger partial charge in [0.05, 0.1) is 13.2 Å². The molecule has 11 heteroatoms. The van der Waals surface area contributed by atoms with Gasteiger partial charge in [0.15, 0.2) is 0 Å². The average Bonchev–Trinajstić information content (AvgIpc) is 3.38. The maximum Gasteiger partial charge on any atom is 0.410 e. The highest BCUT2D eigenvalue weighted by molar-refractivity contribution is 5.92. The predicted molar refractivity (Wildman–Crippen MR) is 169 cm³/mol.